The molecule has 0 amide bonds. The molecule has 0 spiro atoms. The highest BCUT2D eigenvalue weighted by Crippen LogP contribution is 2.54. The van der Waals surface area contributed by atoms with Crippen LogP contribution in [0.5, 0.6) is 0 Å². The van der Waals surface area contributed by atoms with Gasteiger partial charge in [0.05, 0.1) is 6.04 Å². The van der Waals surface area contributed by atoms with E-state index in [1.807, 2.05) is 6.07 Å². The van der Waals surface area contributed by atoms with Gasteiger partial charge >= 0.3 is 0 Å². The molecule has 0 unspecified atom stereocenters. The number of hydrogen-bond acceptors (Lipinski definition) is 1. The third-order valence-electron chi connectivity index (χ3n) is 5.17. The van der Waals surface area contributed by atoms with Crippen molar-refractivity contribution in [3.05, 3.63) is 121 Å². The average Bonchev–Trinajstić information content (AvgIpc) is 2.84. The predicted octanol–water partition coefficient (Wildman–Crippen LogP) is 2.43. The molecule has 0 N–H and O–H groups in total. The van der Waals surface area contributed by atoms with E-state index in [1.54, 1.807) is 0 Å². The van der Waals surface area contributed by atoms with Crippen LogP contribution in [0.25, 0.3) is 0 Å². The van der Waals surface area contributed by atoms with Gasteiger partial charge < -0.3 is 17.0 Å². The molecule has 0 radical (unpaired) electrons. The molecule has 0 aliphatic carbocycles. The first kappa shape index (κ1) is 22.8. The lowest BCUT2D eigenvalue weighted by Crippen LogP contribution is -3.00. The van der Waals surface area contributed by atoms with Crippen LogP contribution in [0.1, 0.15) is 6.92 Å². The molecule has 0 fully saturated rings. The molecule has 4 rings (SSSR count). The molecule has 31 heavy (non-hydrogen) atoms. The highest BCUT2D eigenvalue weighted by molar-refractivity contribution is 7.99. The molecule has 0 saturated heterocycles. The molecule has 0 atom stereocenters. The lowest BCUT2D eigenvalue weighted by Gasteiger charge is -2.22. The zero-order valence-corrected chi connectivity index (χ0v) is 20.0. The Morgan fingerprint density at radius 1 is 0.581 bits per heavy atom. The van der Waals surface area contributed by atoms with Gasteiger partial charge in [0.1, 0.15) is 21.6 Å². The molecule has 0 saturated carbocycles. The van der Waals surface area contributed by atoms with Crippen molar-refractivity contribution in [2.45, 2.75) is 6.92 Å². The van der Waals surface area contributed by atoms with Gasteiger partial charge in [-0.2, -0.15) is 0 Å². The Labute approximate surface area is 196 Å². The normalized spacial score (nSPS) is 10.4. The fourth-order valence-electron chi connectivity index (χ4n) is 3.67. The summed E-state index contributed by atoms with van der Waals surface area (Å²) in [6.07, 6.45) is 0. The third-order valence-corrected chi connectivity index (χ3v) is 8.82. The van der Waals surface area contributed by atoms with Gasteiger partial charge in [0.15, 0.2) is 7.26 Å². The number of anilines is 1. The Kier molecular flexibility index (Phi) is 8.07. The van der Waals surface area contributed by atoms with Crippen LogP contribution in [-0.2, 0) is 0 Å². The molecular weight excluding hydrogens is 461 g/mol. The number of nitrogens with zero attached hydrogens (tertiary/aromatic N) is 1. The maximum absolute atomic E-state index is 3.82. The minimum atomic E-state index is -2.14. The van der Waals surface area contributed by atoms with Crippen LogP contribution >= 0.6 is 7.26 Å². The van der Waals surface area contributed by atoms with E-state index >= 15 is 0 Å². The van der Waals surface area contributed by atoms with E-state index in [2.05, 4.69) is 139 Å². The summed E-state index contributed by atoms with van der Waals surface area (Å²) in [6.45, 7) is 2.98. The maximum atomic E-state index is 3.82. The summed E-state index contributed by atoms with van der Waals surface area (Å²) in [6, 6.07) is 46.2. The minimum Gasteiger partial charge on any atom is -1.00 e. The average molecular weight is 486 g/mol. The Balaban J connectivity index is 0.00000272. The second-order valence-corrected chi connectivity index (χ2v) is 10.1. The van der Waals surface area contributed by atoms with Crippen molar-refractivity contribution in [3.8, 4) is 11.7 Å². The number of benzene rings is 4. The van der Waals surface area contributed by atoms with Crippen LogP contribution in [-0.4, -0.2) is 6.54 Å². The molecule has 0 aliphatic heterocycles. The van der Waals surface area contributed by atoms with Crippen molar-refractivity contribution in [1.82, 2.24) is 0 Å². The number of hydrogen-bond donors (Lipinski definition) is 0. The highest BCUT2D eigenvalue weighted by atomic mass is 79.9. The van der Waals surface area contributed by atoms with Crippen molar-refractivity contribution < 1.29 is 17.0 Å². The van der Waals surface area contributed by atoms with Crippen molar-refractivity contribution >= 4 is 28.9 Å². The minimum absolute atomic E-state index is 0. The lowest BCUT2D eigenvalue weighted by molar-refractivity contribution is -0.00000578. The number of rotatable bonds is 5. The van der Waals surface area contributed by atoms with Crippen LogP contribution in [0.2, 0.25) is 0 Å². The lowest BCUT2D eigenvalue weighted by atomic mass is 10.3. The monoisotopic (exact) mass is 485 g/mol. The highest BCUT2D eigenvalue weighted by Gasteiger charge is 2.45. The first-order chi connectivity index (χ1) is 14.8. The van der Waals surface area contributed by atoms with Gasteiger partial charge in [0.25, 0.3) is 0 Å². The molecule has 4 aromatic carbocycles. The first-order valence-corrected chi connectivity index (χ1v) is 12.0. The summed E-state index contributed by atoms with van der Waals surface area (Å²) in [4.78, 5) is 2.14. The second-order valence-electron chi connectivity index (χ2n) is 6.98. The molecule has 0 bridgehead atoms. The molecule has 0 heterocycles. The van der Waals surface area contributed by atoms with Crippen LogP contribution in [0.4, 0.5) is 5.69 Å². The SMILES string of the molecule is CCN(C#C[P+](c1ccccc1)(c1ccccc1)c1ccccc1)c1ccccc1.[Br-]. The summed E-state index contributed by atoms with van der Waals surface area (Å²) in [5.41, 5.74) is 4.94. The summed E-state index contributed by atoms with van der Waals surface area (Å²) in [5.74, 6) is 0. The van der Waals surface area contributed by atoms with Gasteiger partial charge in [0, 0.05) is 12.2 Å². The molecule has 0 aromatic heterocycles. The zero-order chi connectivity index (χ0) is 20.7. The zero-order valence-electron chi connectivity index (χ0n) is 17.5. The smallest absolute Gasteiger partial charge is 0.191 e. The van der Waals surface area contributed by atoms with E-state index in [0.29, 0.717) is 0 Å². The second kappa shape index (κ2) is 11.0. The van der Waals surface area contributed by atoms with Gasteiger partial charge in [-0.3, -0.25) is 4.90 Å². The van der Waals surface area contributed by atoms with E-state index in [0.717, 1.165) is 12.2 Å². The number of para-hydroxylation sites is 1. The largest absolute Gasteiger partial charge is 1.00 e. The van der Waals surface area contributed by atoms with Crippen molar-refractivity contribution in [1.29, 1.82) is 0 Å². The first-order valence-electron chi connectivity index (χ1n) is 10.3. The summed E-state index contributed by atoms with van der Waals surface area (Å²) in [5, 5.41) is 3.83. The summed E-state index contributed by atoms with van der Waals surface area (Å²) < 4.78 is 0. The quantitative estimate of drug-likeness (QED) is 0.238. The molecule has 4 aromatic rings. The van der Waals surface area contributed by atoms with E-state index in [-0.39, 0.29) is 17.0 Å². The van der Waals surface area contributed by atoms with Crippen LogP contribution in [0.15, 0.2) is 121 Å². The fourth-order valence-corrected chi connectivity index (χ4v) is 7.08. The molecule has 154 valence electrons. The van der Waals surface area contributed by atoms with Crippen molar-refractivity contribution in [3.63, 3.8) is 0 Å². The molecular formula is C28H25BrNP. The Bertz CT molecular complexity index is 1020. The molecule has 3 heteroatoms. The topological polar surface area (TPSA) is 3.24 Å². The Morgan fingerprint density at radius 2 is 0.935 bits per heavy atom. The van der Waals surface area contributed by atoms with Crippen molar-refractivity contribution in [2.24, 2.45) is 0 Å². The van der Waals surface area contributed by atoms with E-state index < -0.39 is 7.26 Å². The van der Waals surface area contributed by atoms with E-state index in [4.69, 9.17) is 0 Å². The van der Waals surface area contributed by atoms with Crippen LogP contribution in [0.3, 0.4) is 0 Å². The van der Waals surface area contributed by atoms with E-state index in [1.165, 1.54) is 15.9 Å². The standard InChI is InChI=1S/C28H25NP.BrH/c1-2-29(25-15-7-3-8-16-25)23-24-30(26-17-9-4-10-18-26,27-19-11-5-12-20-27)28-21-13-6-14-22-28;/h3-22H,2H2,1H3;1H/q+1;/p-1. The van der Waals surface area contributed by atoms with Crippen molar-refractivity contribution in [2.75, 3.05) is 11.4 Å². The summed E-state index contributed by atoms with van der Waals surface area (Å²) >= 11 is 0. The molecule has 1 nitrogen and oxygen atoms in total. The Hall–Kier alpha value is -2.85. The van der Waals surface area contributed by atoms with Gasteiger partial charge in [-0.25, -0.2) is 0 Å². The van der Waals surface area contributed by atoms with Gasteiger partial charge in [0.2, 0.25) is 0 Å². The van der Waals surface area contributed by atoms with Crippen LogP contribution in [0, 0.1) is 11.7 Å². The summed E-state index contributed by atoms with van der Waals surface area (Å²) in [7, 11) is -2.14. The fraction of sp³-hybridized carbons (Fsp3) is 0.0714. The number of halogens is 1. The van der Waals surface area contributed by atoms with E-state index in [9.17, 15) is 0 Å². The van der Waals surface area contributed by atoms with Gasteiger partial charge in [-0.1, -0.05) is 72.8 Å². The van der Waals surface area contributed by atoms with Gasteiger partial charge in [-0.15, -0.1) is 0 Å². The van der Waals surface area contributed by atoms with Crippen LogP contribution < -0.4 is 37.8 Å². The van der Waals surface area contributed by atoms with Gasteiger partial charge in [-0.05, 0) is 55.5 Å². The third kappa shape index (κ3) is 4.91. The Morgan fingerprint density at radius 3 is 1.29 bits per heavy atom. The predicted molar refractivity (Wildman–Crippen MR) is 132 cm³/mol. The molecule has 0 aliphatic rings. The maximum Gasteiger partial charge on any atom is 0.191 e.